The quantitative estimate of drug-likeness (QED) is 0.677. The zero-order valence-electron chi connectivity index (χ0n) is 15.1. The van der Waals surface area contributed by atoms with E-state index in [4.69, 9.17) is 11.2 Å². The predicted octanol–water partition coefficient (Wildman–Crippen LogP) is 1.75. The van der Waals surface area contributed by atoms with Crippen molar-refractivity contribution < 1.29 is 9.53 Å². The van der Waals surface area contributed by atoms with Gasteiger partial charge in [0.2, 0.25) is 5.91 Å². The summed E-state index contributed by atoms with van der Waals surface area (Å²) in [7, 11) is 0. The Morgan fingerprint density at radius 3 is 2.71 bits per heavy atom. The zero-order chi connectivity index (χ0) is 19.7. The van der Waals surface area contributed by atoms with Crippen LogP contribution in [0.2, 0.25) is 0 Å². The average molecular weight is 375 g/mol. The molecular weight excluding hydrogens is 358 g/mol. The Morgan fingerprint density at radius 1 is 1.25 bits per heavy atom. The molecule has 1 aliphatic heterocycles. The molecule has 1 aliphatic rings. The molecule has 2 N–H and O–H groups in total. The van der Waals surface area contributed by atoms with Gasteiger partial charge in [0, 0.05) is 24.0 Å². The third-order valence-electron chi connectivity index (χ3n) is 4.59. The number of carbonyl (C=O) groups excluding carboxylic acids is 1. The first kappa shape index (κ1) is 17.5. The van der Waals surface area contributed by atoms with Crippen molar-refractivity contribution >= 4 is 11.7 Å². The number of benzene rings is 1. The number of rotatable bonds is 4. The summed E-state index contributed by atoms with van der Waals surface area (Å²) >= 11 is 0. The molecule has 8 heteroatoms. The highest BCUT2D eigenvalue weighted by atomic mass is 16.5. The fraction of sp³-hybridized carbons (Fsp3) is 0.200. The van der Waals surface area contributed by atoms with Gasteiger partial charge in [-0.1, -0.05) is 18.1 Å². The Labute approximate surface area is 160 Å². The smallest absolute Gasteiger partial charge is 0.264 e. The molecule has 0 fully saturated rings. The summed E-state index contributed by atoms with van der Waals surface area (Å²) in [5, 5.41) is 13.8. The van der Waals surface area contributed by atoms with Gasteiger partial charge in [0.1, 0.15) is 18.2 Å². The summed E-state index contributed by atoms with van der Waals surface area (Å²) in [5.74, 6) is 3.82. The van der Waals surface area contributed by atoms with Gasteiger partial charge in [0.05, 0.1) is 5.69 Å². The van der Waals surface area contributed by atoms with E-state index in [0.29, 0.717) is 23.8 Å². The molecule has 0 spiro atoms. The number of aromatic nitrogens is 4. The topological polar surface area (TPSA) is 102 Å². The third-order valence-corrected chi connectivity index (χ3v) is 4.59. The SMILES string of the molecule is C#CCOc1ccc([C@H]2CC(=O)Nc3c2c(C)nn3-c2ccc(=O)[nH]n2)cc1. The van der Waals surface area contributed by atoms with Gasteiger partial charge in [-0.2, -0.15) is 14.9 Å². The van der Waals surface area contributed by atoms with Crippen LogP contribution in [0.5, 0.6) is 5.75 Å². The van der Waals surface area contributed by atoms with Crippen molar-refractivity contribution in [2.24, 2.45) is 0 Å². The summed E-state index contributed by atoms with van der Waals surface area (Å²) in [4.78, 5) is 23.7. The number of fused-ring (bicyclic) bond motifs is 1. The molecule has 1 atom stereocenters. The van der Waals surface area contributed by atoms with Crippen LogP contribution in [0.1, 0.15) is 29.2 Å². The minimum Gasteiger partial charge on any atom is -0.481 e. The van der Waals surface area contributed by atoms with Crippen molar-refractivity contribution in [2.75, 3.05) is 11.9 Å². The summed E-state index contributed by atoms with van der Waals surface area (Å²) in [6.45, 7) is 2.09. The van der Waals surface area contributed by atoms with Gasteiger partial charge in [0.15, 0.2) is 5.82 Å². The Bertz CT molecular complexity index is 1120. The lowest BCUT2D eigenvalue weighted by molar-refractivity contribution is -0.116. The van der Waals surface area contributed by atoms with Crippen molar-refractivity contribution in [1.82, 2.24) is 20.0 Å². The normalized spacial score (nSPS) is 15.4. The van der Waals surface area contributed by atoms with Gasteiger partial charge in [0.25, 0.3) is 5.56 Å². The number of carbonyl (C=O) groups is 1. The van der Waals surface area contributed by atoms with Crippen LogP contribution >= 0.6 is 0 Å². The first-order chi connectivity index (χ1) is 13.6. The van der Waals surface area contributed by atoms with Crippen molar-refractivity contribution in [1.29, 1.82) is 0 Å². The van der Waals surface area contributed by atoms with E-state index in [0.717, 1.165) is 16.8 Å². The van der Waals surface area contributed by atoms with Gasteiger partial charge in [-0.15, -0.1) is 6.42 Å². The van der Waals surface area contributed by atoms with Gasteiger partial charge < -0.3 is 10.1 Å². The zero-order valence-corrected chi connectivity index (χ0v) is 15.1. The maximum atomic E-state index is 12.4. The van der Waals surface area contributed by atoms with Gasteiger partial charge >= 0.3 is 0 Å². The average Bonchev–Trinajstić information content (AvgIpc) is 3.03. The van der Waals surface area contributed by atoms with Gasteiger partial charge in [-0.05, 0) is 30.7 Å². The molecule has 0 saturated heterocycles. The number of nitrogens with one attached hydrogen (secondary N) is 2. The van der Waals surface area contributed by atoms with E-state index in [-0.39, 0.29) is 24.0 Å². The number of aromatic amines is 1. The summed E-state index contributed by atoms with van der Waals surface area (Å²) in [6.07, 6.45) is 5.52. The maximum absolute atomic E-state index is 12.4. The van der Waals surface area contributed by atoms with E-state index in [1.165, 1.54) is 10.7 Å². The fourth-order valence-corrected chi connectivity index (χ4v) is 3.37. The highest BCUT2D eigenvalue weighted by Gasteiger charge is 2.32. The first-order valence-electron chi connectivity index (χ1n) is 8.68. The van der Waals surface area contributed by atoms with Gasteiger partial charge in [-0.3, -0.25) is 9.59 Å². The third kappa shape index (κ3) is 3.14. The van der Waals surface area contributed by atoms with Crippen LogP contribution in [-0.4, -0.2) is 32.5 Å². The Balaban J connectivity index is 1.75. The van der Waals surface area contributed by atoms with Crippen LogP contribution < -0.4 is 15.6 Å². The van der Waals surface area contributed by atoms with Crippen LogP contribution in [0.15, 0.2) is 41.2 Å². The molecule has 0 unspecified atom stereocenters. The first-order valence-corrected chi connectivity index (χ1v) is 8.68. The minimum atomic E-state index is -0.310. The van der Waals surface area contributed by atoms with Gasteiger partial charge in [-0.25, -0.2) is 5.10 Å². The predicted molar refractivity (Wildman–Crippen MR) is 103 cm³/mol. The van der Waals surface area contributed by atoms with Crippen molar-refractivity contribution in [2.45, 2.75) is 19.3 Å². The number of ether oxygens (including phenoxy) is 1. The number of nitrogens with zero attached hydrogens (tertiary/aromatic N) is 3. The monoisotopic (exact) mass is 375 g/mol. The standard InChI is InChI=1S/C20H17N5O3/c1-3-10-28-14-6-4-13(5-7-14)15-11-18(27)21-20-19(15)12(2)24-25(20)16-8-9-17(26)23-22-16/h1,4-9,15H,10-11H2,2H3,(H,21,27)(H,23,26)/t15-/m1/s1. The highest BCUT2D eigenvalue weighted by molar-refractivity contribution is 5.95. The molecule has 140 valence electrons. The lowest BCUT2D eigenvalue weighted by Crippen LogP contribution is -2.25. The Kier molecular flexibility index (Phi) is 4.41. The second kappa shape index (κ2) is 7.04. The summed E-state index contributed by atoms with van der Waals surface area (Å²) in [5.41, 5.74) is 2.36. The maximum Gasteiger partial charge on any atom is 0.264 e. The molecule has 3 heterocycles. The second-order valence-electron chi connectivity index (χ2n) is 6.41. The number of H-pyrrole nitrogens is 1. The summed E-state index contributed by atoms with van der Waals surface area (Å²) in [6, 6.07) is 10.4. The van der Waals surface area contributed by atoms with E-state index in [1.807, 2.05) is 31.2 Å². The number of hydrogen-bond donors (Lipinski definition) is 2. The van der Waals surface area contributed by atoms with Crippen LogP contribution in [0.4, 0.5) is 5.82 Å². The molecule has 3 aromatic rings. The minimum absolute atomic E-state index is 0.115. The van der Waals surface area contributed by atoms with E-state index in [9.17, 15) is 9.59 Å². The van der Waals surface area contributed by atoms with Crippen molar-refractivity contribution in [3.8, 4) is 23.9 Å². The molecule has 28 heavy (non-hydrogen) atoms. The molecule has 2 aromatic heterocycles. The van der Waals surface area contributed by atoms with Crippen LogP contribution in [0, 0.1) is 19.3 Å². The molecule has 0 bridgehead atoms. The fourth-order valence-electron chi connectivity index (χ4n) is 3.37. The Morgan fingerprint density at radius 2 is 2.04 bits per heavy atom. The lowest BCUT2D eigenvalue weighted by Gasteiger charge is -2.24. The van der Waals surface area contributed by atoms with Crippen molar-refractivity contribution in [3.63, 3.8) is 0 Å². The number of anilines is 1. The van der Waals surface area contributed by atoms with Crippen molar-refractivity contribution in [3.05, 3.63) is 63.6 Å². The number of hydrogen-bond acceptors (Lipinski definition) is 5. The molecule has 1 aromatic carbocycles. The van der Waals surface area contributed by atoms with E-state index in [2.05, 4.69) is 26.5 Å². The molecule has 0 radical (unpaired) electrons. The largest absolute Gasteiger partial charge is 0.481 e. The molecule has 4 rings (SSSR count). The molecular formula is C20H17N5O3. The second-order valence-corrected chi connectivity index (χ2v) is 6.41. The van der Waals surface area contributed by atoms with E-state index in [1.54, 1.807) is 6.07 Å². The molecule has 0 saturated carbocycles. The number of aryl methyl sites for hydroxylation is 1. The Hall–Kier alpha value is -3.86. The number of amides is 1. The molecule has 1 amide bonds. The summed E-state index contributed by atoms with van der Waals surface area (Å²) < 4.78 is 6.95. The van der Waals surface area contributed by atoms with Crippen LogP contribution in [-0.2, 0) is 4.79 Å². The number of terminal acetylenes is 1. The highest BCUT2D eigenvalue weighted by Crippen LogP contribution is 2.40. The molecule has 8 nitrogen and oxygen atoms in total. The van der Waals surface area contributed by atoms with E-state index >= 15 is 0 Å². The van der Waals surface area contributed by atoms with Crippen LogP contribution in [0.3, 0.4) is 0 Å². The van der Waals surface area contributed by atoms with E-state index < -0.39 is 0 Å². The lowest BCUT2D eigenvalue weighted by atomic mass is 9.86. The van der Waals surface area contributed by atoms with Crippen LogP contribution in [0.25, 0.3) is 5.82 Å². The molecule has 0 aliphatic carbocycles.